The fourth-order valence-electron chi connectivity index (χ4n) is 4.57. The topological polar surface area (TPSA) is 88.6 Å². The summed E-state index contributed by atoms with van der Waals surface area (Å²) >= 11 is 0. The van der Waals surface area contributed by atoms with Gasteiger partial charge < -0.3 is 14.2 Å². The molecule has 0 N–H and O–H groups in total. The number of amides is 2. The maximum absolute atomic E-state index is 13.1. The summed E-state index contributed by atoms with van der Waals surface area (Å²) < 4.78 is 15.5. The molecule has 172 valence electrons. The molecule has 2 saturated heterocycles. The average Bonchev–Trinajstić information content (AvgIpc) is 3.42. The van der Waals surface area contributed by atoms with Crippen molar-refractivity contribution >= 4 is 23.5 Å². The molecule has 0 aromatic heterocycles. The highest BCUT2D eigenvalue weighted by molar-refractivity contribution is 6.22. The Morgan fingerprint density at radius 3 is 2.45 bits per heavy atom. The predicted molar refractivity (Wildman–Crippen MR) is 118 cm³/mol. The lowest BCUT2D eigenvalue weighted by Crippen LogP contribution is -2.52. The zero-order valence-electron chi connectivity index (χ0n) is 18.4. The molecular formula is C24H25N3O6. The van der Waals surface area contributed by atoms with Crippen molar-refractivity contribution in [3.05, 3.63) is 53.6 Å². The second-order valence-corrected chi connectivity index (χ2v) is 8.33. The number of fused-ring (bicyclic) bond motifs is 1. The zero-order valence-corrected chi connectivity index (χ0v) is 18.4. The van der Waals surface area contributed by atoms with Gasteiger partial charge in [-0.3, -0.25) is 19.4 Å². The molecule has 5 rings (SSSR count). The molecule has 9 heteroatoms. The van der Waals surface area contributed by atoms with Crippen LogP contribution in [0.25, 0.3) is 0 Å². The quantitative estimate of drug-likeness (QED) is 0.501. The van der Waals surface area contributed by atoms with Gasteiger partial charge in [-0.2, -0.15) is 0 Å². The summed E-state index contributed by atoms with van der Waals surface area (Å²) in [6, 6.07) is 11.9. The van der Waals surface area contributed by atoms with Gasteiger partial charge in [0.05, 0.1) is 30.8 Å². The fraction of sp³-hybridized carbons (Fsp3) is 0.375. The molecule has 1 unspecified atom stereocenters. The van der Waals surface area contributed by atoms with Gasteiger partial charge in [-0.1, -0.05) is 6.07 Å². The van der Waals surface area contributed by atoms with Crippen LogP contribution >= 0.6 is 0 Å². The number of piperazine rings is 1. The molecule has 2 aromatic carbocycles. The Balaban J connectivity index is 1.19. The monoisotopic (exact) mass is 451 g/mol. The number of imide groups is 1. The summed E-state index contributed by atoms with van der Waals surface area (Å²) in [6.45, 7) is 4.09. The lowest BCUT2D eigenvalue weighted by atomic mass is 10.1. The molecule has 1 atom stereocenters. The van der Waals surface area contributed by atoms with Crippen LogP contribution in [0.2, 0.25) is 0 Å². The van der Waals surface area contributed by atoms with Crippen molar-refractivity contribution in [2.75, 3.05) is 45.0 Å². The summed E-state index contributed by atoms with van der Waals surface area (Å²) in [7, 11) is 1.31. The van der Waals surface area contributed by atoms with Gasteiger partial charge in [-0.15, -0.1) is 0 Å². The molecule has 3 heterocycles. The van der Waals surface area contributed by atoms with Crippen LogP contribution in [0.5, 0.6) is 11.5 Å². The van der Waals surface area contributed by atoms with Gasteiger partial charge in [0.25, 0.3) is 5.91 Å². The van der Waals surface area contributed by atoms with Gasteiger partial charge >= 0.3 is 5.97 Å². The highest BCUT2D eigenvalue weighted by Gasteiger charge is 2.43. The van der Waals surface area contributed by atoms with Crippen molar-refractivity contribution < 1.29 is 28.6 Å². The zero-order chi connectivity index (χ0) is 22.9. The van der Waals surface area contributed by atoms with E-state index in [2.05, 4.69) is 9.80 Å². The number of ether oxygens (including phenoxy) is 3. The van der Waals surface area contributed by atoms with E-state index in [4.69, 9.17) is 14.2 Å². The molecule has 2 amide bonds. The largest absolute Gasteiger partial charge is 0.465 e. The van der Waals surface area contributed by atoms with Gasteiger partial charge in [0.2, 0.25) is 12.7 Å². The Kier molecular flexibility index (Phi) is 5.74. The van der Waals surface area contributed by atoms with Crippen LogP contribution < -0.4 is 14.4 Å². The Labute approximate surface area is 191 Å². The first-order valence-corrected chi connectivity index (χ1v) is 10.9. The van der Waals surface area contributed by atoms with Crippen LogP contribution in [-0.2, 0) is 20.9 Å². The van der Waals surface area contributed by atoms with E-state index in [0.717, 1.165) is 36.7 Å². The third-order valence-corrected chi connectivity index (χ3v) is 6.36. The first-order valence-electron chi connectivity index (χ1n) is 10.9. The van der Waals surface area contributed by atoms with Crippen LogP contribution in [0.4, 0.5) is 5.69 Å². The van der Waals surface area contributed by atoms with Crippen LogP contribution in [0, 0.1) is 0 Å². The van der Waals surface area contributed by atoms with Crippen molar-refractivity contribution in [3.63, 3.8) is 0 Å². The fourth-order valence-corrected chi connectivity index (χ4v) is 4.57. The van der Waals surface area contributed by atoms with Crippen LogP contribution in [0.3, 0.4) is 0 Å². The number of esters is 1. The highest BCUT2D eigenvalue weighted by atomic mass is 16.7. The molecule has 3 aliphatic rings. The van der Waals surface area contributed by atoms with E-state index in [1.54, 1.807) is 24.3 Å². The Morgan fingerprint density at radius 2 is 1.73 bits per heavy atom. The van der Waals surface area contributed by atoms with E-state index in [1.807, 2.05) is 18.2 Å². The van der Waals surface area contributed by atoms with E-state index >= 15 is 0 Å². The summed E-state index contributed by atoms with van der Waals surface area (Å²) in [5.74, 6) is 0.657. The van der Waals surface area contributed by atoms with E-state index < -0.39 is 12.0 Å². The molecule has 0 spiro atoms. The van der Waals surface area contributed by atoms with Gasteiger partial charge in [-0.05, 0) is 42.0 Å². The number of hydrogen-bond acceptors (Lipinski definition) is 8. The Bertz CT molecular complexity index is 1080. The molecule has 2 fully saturated rings. The van der Waals surface area contributed by atoms with Gasteiger partial charge in [0.1, 0.15) is 0 Å². The second kappa shape index (κ2) is 8.84. The first-order chi connectivity index (χ1) is 16.0. The number of nitrogens with zero attached hydrogens (tertiary/aromatic N) is 3. The normalized spacial score (nSPS) is 21.0. The maximum atomic E-state index is 13.1. The number of benzene rings is 2. The first kappa shape index (κ1) is 21.4. The van der Waals surface area contributed by atoms with Crippen molar-refractivity contribution in [3.8, 4) is 11.5 Å². The SMILES string of the molecule is COC(=O)c1ccc(N2C(=O)CC(N3CCN(Cc4ccc5c(c4)OCO5)CC3)C2=O)cc1. The molecular weight excluding hydrogens is 426 g/mol. The lowest BCUT2D eigenvalue weighted by Gasteiger charge is -2.37. The Morgan fingerprint density at radius 1 is 1.00 bits per heavy atom. The number of carbonyl (C=O) groups is 3. The number of rotatable bonds is 5. The minimum absolute atomic E-state index is 0.166. The molecule has 0 radical (unpaired) electrons. The standard InChI is InChI=1S/C24H25N3O6/c1-31-24(30)17-3-5-18(6-4-17)27-22(28)13-19(23(27)29)26-10-8-25(9-11-26)14-16-2-7-20-21(12-16)33-15-32-20/h2-7,12,19H,8-11,13-15H2,1H3. The van der Waals surface area contributed by atoms with Crippen LogP contribution in [0.15, 0.2) is 42.5 Å². The van der Waals surface area contributed by atoms with Gasteiger partial charge in [0, 0.05) is 32.7 Å². The third-order valence-electron chi connectivity index (χ3n) is 6.36. The molecule has 9 nitrogen and oxygen atoms in total. The maximum Gasteiger partial charge on any atom is 0.337 e. The van der Waals surface area contributed by atoms with E-state index in [-0.39, 0.29) is 25.0 Å². The Hall–Kier alpha value is -3.43. The van der Waals surface area contributed by atoms with Crippen molar-refractivity contribution in [2.24, 2.45) is 0 Å². The molecule has 0 aliphatic carbocycles. The average molecular weight is 451 g/mol. The van der Waals surface area contributed by atoms with E-state index in [0.29, 0.717) is 24.3 Å². The summed E-state index contributed by atoms with van der Waals surface area (Å²) in [6.07, 6.45) is 0.166. The molecule has 0 bridgehead atoms. The molecule has 0 saturated carbocycles. The van der Waals surface area contributed by atoms with Crippen molar-refractivity contribution in [1.29, 1.82) is 0 Å². The number of anilines is 1. The van der Waals surface area contributed by atoms with Crippen LogP contribution in [0.1, 0.15) is 22.3 Å². The van der Waals surface area contributed by atoms with Crippen LogP contribution in [-0.4, -0.2) is 73.7 Å². The minimum Gasteiger partial charge on any atom is -0.465 e. The second-order valence-electron chi connectivity index (χ2n) is 8.33. The highest BCUT2D eigenvalue weighted by Crippen LogP contribution is 2.33. The number of hydrogen-bond donors (Lipinski definition) is 0. The third kappa shape index (κ3) is 4.17. The lowest BCUT2D eigenvalue weighted by molar-refractivity contribution is -0.123. The number of methoxy groups -OCH3 is 1. The van der Waals surface area contributed by atoms with Crippen molar-refractivity contribution in [2.45, 2.75) is 19.0 Å². The minimum atomic E-state index is -0.461. The van der Waals surface area contributed by atoms with E-state index in [1.165, 1.54) is 12.0 Å². The molecule has 33 heavy (non-hydrogen) atoms. The summed E-state index contributed by atoms with van der Waals surface area (Å²) in [5, 5.41) is 0. The predicted octanol–water partition coefficient (Wildman–Crippen LogP) is 1.65. The smallest absolute Gasteiger partial charge is 0.337 e. The summed E-state index contributed by atoms with van der Waals surface area (Å²) in [4.78, 5) is 43.1. The molecule has 2 aromatic rings. The summed E-state index contributed by atoms with van der Waals surface area (Å²) in [5.41, 5.74) is 2.00. The van der Waals surface area contributed by atoms with E-state index in [9.17, 15) is 14.4 Å². The number of carbonyl (C=O) groups excluding carboxylic acids is 3. The van der Waals surface area contributed by atoms with Gasteiger partial charge in [0.15, 0.2) is 11.5 Å². The van der Waals surface area contributed by atoms with Crippen molar-refractivity contribution in [1.82, 2.24) is 9.80 Å². The van der Waals surface area contributed by atoms with Gasteiger partial charge in [-0.25, -0.2) is 9.69 Å². The molecule has 3 aliphatic heterocycles.